The Morgan fingerprint density at radius 2 is 1.57 bits per heavy atom. The molecule has 0 saturated carbocycles. The number of aromatic nitrogens is 4. The van der Waals surface area contributed by atoms with E-state index >= 15 is 0 Å². The van der Waals surface area contributed by atoms with Gasteiger partial charge in [-0.15, -0.1) is 0 Å². The summed E-state index contributed by atoms with van der Waals surface area (Å²) in [6, 6.07) is 15.7. The number of likely N-dealkylation sites (tertiary alicyclic amines) is 1. The summed E-state index contributed by atoms with van der Waals surface area (Å²) in [6.07, 6.45) is 6.70. The van der Waals surface area contributed by atoms with Crippen LogP contribution in [0.5, 0.6) is 0 Å². The van der Waals surface area contributed by atoms with Gasteiger partial charge in [-0.25, -0.2) is 14.8 Å². The average Bonchev–Trinajstić information content (AvgIpc) is 3.98. The maximum absolute atomic E-state index is 13.7. The number of fused-ring (bicyclic) bond motifs is 4. The molecule has 3 aliphatic heterocycles. The average molecular weight is 696 g/mol. The summed E-state index contributed by atoms with van der Waals surface area (Å²) in [4.78, 5) is 58.6. The van der Waals surface area contributed by atoms with Crippen molar-refractivity contribution in [2.24, 2.45) is 0 Å². The maximum atomic E-state index is 13.7. The Morgan fingerprint density at radius 3 is 2.31 bits per heavy atom. The maximum Gasteiger partial charge on any atom is 0.407 e. The third-order valence-electron chi connectivity index (χ3n) is 10.1. The van der Waals surface area contributed by atoms with Crippen LogP contribution in [-0.2, 0) is 30.4 Å². The predicted octanol–water partition coefficient (Wildman–Crippen LogP) is 5.53. The number of ether oxygens (including phenoxy) is 3. The number of alkyl carbamates (subject to hydrolysis) is 1. The summed E-state index contributed by atoms with van der Waals surface area (Å²) in [5, 5.41) is 2.74. The number of hydrogen-bond donors (Lipinski definition) is 3. The van der Waals surface area contributed by atoms with E-state index < -0.39 is 12.1 Å². The second kappa shape index (κ2) is 15.5. The monoisotopic (exact) mass is 695 g/mol. The molecule has 0 spiro atoms. The topological polar surface area (TPSA) is 155 Å². The molecule has 4 aromatic rings. The van der Waals surface area contributed by atoms with Crippen LogP contribution in [0, 0.1) is 0 Å². The minimum atomic E-state index is -0.660. The first kappa shape index (κ1) is 34.4. The number of amides is 3. The minimum absolute atomic E-state index is 0.0158. The van der Waals surface area contributed by atoms with Crippen LogP contribution in [0.25, 0.3) is 33.6 Å². The molecule has 13 nitrogen and oxygen atoms in total. The molecule has 5 heterocycles. The molecule has 268 valence electrons. The highest BCUT2D eigenvalue weighted by Gasteiger charge is 2.37. The normalized spacial score (nSPS) is 21.1. The summed E-state index contributed by atoms with van der Waals surface area (Å²) in [5.74, 6) is 1.40. The van der Waals surface area contributed by atoms with Gasteiger partial charge in [0.1, 0.15) is 24.3 Å². The summed E-state index contributed by atoms with van der Waals surface area (Å²) in [7, 11) is 2.84. The zero-order chi connectivity index (χ0) is 35.3. The van der Waals surface area contributed by atoms with Gasteiger partial charge in [-0.05, 0) is 61.6 Å². The number of benzene rings is 2. The van der Waals surface area contributed by atoms with Gasteiger partial charge < -0.3 is 39.3 Å². The second-order valence-corrected chi connectivity index (χ2v) is 13.4. The van der Waals surface area contributed by atoms with Crippen LogP contribution in [0.15, 0.2) is 54.7 Å². The fourth-order valence-corrected chi connectivity index (χ4v) is 7.50. The highest BCUT2D eigenvalue weighted by Crippen LogP contribution is 2.36. The van der Waals surface area contributed by atoms with E-state index in [0.29, 0.717) is 32.7 Å². The minimum Gasteiger partial charge on any atom is -0.453 e. The van der Waals surface area contributed by atoms with Gasteiger partial charge in [0.15, 0.2) is 0 Å². The predicted molar refractivity (Wildman–Crippen MR) is 189 cm³/mol. The van der Waals surface area contributed by atoms with Gasteiger partial charge in [0.05, 0.1) is 49.1 Å². The Hall–Kier alpha value is -5.01. The molecule has 13 heteroatoms. The van der Waals surface area contributed by atoms with Crippen molar-refractivity contribution in [1.29, 1.82) is 0 Å². The van der Waals surface area contributed by atoms with Crippen molar-refractivity contribution in [2.45, 2.75) is 69.7 Å². The highest BCUT2D eigenvalue weighted by atomic mass is 16.5. The molecule has 0 unspecified atom stereocenters. The number of hydrogen-bond acceptors (Lipinski definition) is 8. The van der Waals surface area contributed by atoms with Gasteiger partial charge in [-0.3, -0.25) is 9.59 Å². The van der Waals surface area contributed by atoms with Crippen molar-refractivity contribution in [3.8, 4) is 33.6 Å². The molecule has 3 N–H and O–H groups in total. The summed E-state index contributed by atoms with van der Waals surface area (Å²) in [6.45, 7) is 2.31. The van der Waals surface area contributed by atoms with Gasteiger partial charge >= 0.3 is 6.09 Å². The van der Waals surface area contributed by atoms with Crippen LogP contribution in [0.4, 0.5) is 4.79 Å². The number of carbonyl (C=O) groups is 3. The molecule has 2 aromatic carbocycles. The second-order valence-electron chi connectivity index (χ2n) is 13.4. The third kappa shape index (κ3) is 7.40. The number of H-pyrrole nitrogens is 2. The quantitative estimate of drug-likeness (QED) is 0.228. The van der Waals surface area contributed by atoms with Gasteiger partial charge in [-0.1, -0.05) is 48.5 Å². The molecule has 2 saturated heterocycles. The molecule has 0 radical (unpaired) electrons. The van der Waals surface area contributed by atoms with Gasteiger partial charge in [0, 0.05) is 32.4 Å². The number of imidazole rings is 2. The number of nitrogens with zero attached hydrogens (tertiary/aromatic N) is 4. The molecular weight excluding hydrogens is 650 g/mol. The Labute approximate surface area is 297 Å². The van der Waals surface area contributed by atoms with Crippen LogP contribution in [0.2, 0.25) is 0 Å². The Morgan fingerprint density at radius 1 is 0.863 bits per heavy atom. The van der Waals surface area contributed by atoms with Crippen molar-refractivity contribution in [1.82, 2.24) is 35.1 Å². The van der Waals surface area contributed by atoms with Gasteiger partial charge in [0.25, 0.3) is 0 Å². The first-order valence-electron chi connectivity index (χ1n) is 17.8. The lowest BCUT2D eigenvalue weighted by molar-refractivity contribution is -0.136. The molecule has 2 bridgehead atoms. The number of aromatic amines is 2. The lowest BCUT2D eigenvalue weighted by Gasteiger charge is -2.28. The first-order valence-corrected chi connectivity index (χ1v) is 17.8. The smallest absolute Gasteiger partial charge is 0.407 e. The largest absolute Gasteiger partial charge is 0.453 e. The van der Waals surface area contributed by atoms with Gasteiger partial charge in [-0.2, -0.15) is 0 Å². The standard InChI is InChI=1S/C38H45N7O6/c1-49-23-33(46)44-18-5-8-31(44)35-39-21-29(40-35)26-14-10-24(11-15-26)25-12-16-27(17-13-25)34-30-22-51-20-4-3-7-28(42-38(48)50-2)37(47)45-19-6-9-32(45)36(41-30)43-34/h10-17,21,28,31-32H,3-9,18-20,22-23H2,1-2H3,(H,39,40)(H,41,43)(H,42,48)/t28-,31-,32-/m0/s1. The van der Waals surface area contributed by atoms with Crippen molar-refractivity contribution in [3.63, 3.8) is 0 Å². The highest BCUT2D eigenvalue weighted by molar-refractivity contribution is 5.86. The molecule has 3 aliphatic rings. The molecule has 2 aromatic heterocycles. The van der Waals surface area contributed by atoms with Crippen LogP contribution >= 0.6 is 0 Å². The lowest BCUT2D eigenvalue weighted by atomic mass is 10.0. The Balaban J connectivity index is 1.08. The summed E-state index contributed by atoms with van der Waals surface area (Å²) in [5.41, 5.74) is 6.72. The molecule has 0 aliphatic carbocycles. The van der Waals surface area contributed by atoms with Gasteiger partial charge in [0.2, 0.25) is 11.8 Å². The molecule has 7 rings (SSSR count). The van der Waals surface area contributed by atoms with E-state index in [1.165, 1.54) is 14.2 Å². The zero-order valence-electron chi connectivity index (χ0n) is 29.2. The van der Waals surface area contributed by atoms with Crippen molar-refractivity contribution < 1.29 is 28.6 Å². The molecule has 3 amide bonds. The van der Waals surface area contributed by atoms with Crippen LogP contribution in [-0.4, -0.2) is 94.2 Å². The molecule has 3 atom stereocenters. The fourth-order valence-electron chi connectivity index (χ4n) is 7.50. The number of methoxy groups -OCH3 is 2. The van der Waals surface area contributed by atoms with E-state index in [4.69, 9.17) is 19.2 Å². The first-order chi connectivity index (χ1) is 24.9. The van der Waals surface area contributed by atoms with Crippen molar-refractivity contribution in [3.05, 3.63) is 72.1 Å². The third-order valence-corrected chi connectivity index (χ3v) is 10.1. The van der Waals surface area contributed by atoms with Crippen molar-refractivity contribution >= 4 is 17.9 Å². The van der Waals surface area contributed by atoms with E-state index in [0.717, 1.165) is 89.5 Å². The molecule has 2 fully saturated rings. The van der Waals surface area contributed by atoms with E-state index in [1.807, 2.05) is 16.0 Å². The Kier molecular flexibility index (Phi) is 10.5. The van der Waals surface area contributed by atoms with E-state index in [9.17, 15) is 14.4 Å². The SMILES string of the molecule is COCC(=O)N1CCC[C@H]1c1ncc(-c2ccc(-c3ccc(-c4nc5[nH]c4COCCCC[C@H](NC(=O)OC)C(=O)N4CCC[C@@H]54)cc3)cc2)[nH]1. The summed E-state index contributed by atoms with van der Waals surface area (Å²) >= 11 is 0. The molecule has 51 heavy (non-hydrogen) atoms. The Bertz CT molecular complexity index is 1840. The summed E-state index contributed by atoms with van der Waals surface area (Å²) < 4.78 is 15.9. The van der Waals surface area contributed by atoms with E-state index in [1.54, 1.807) is 0 Å². The van der Waals surface area contributed by atoms with Crippen molar-refractivity contribution in [2.75, 3.05) is 40.5 Å². The van der Waals surface area contributed by atoms with Crippen LogP contribution in [0.3, 0.4) is 0 Å². The van der Waals surface area contributed by atoms with Crippen LogP contribution < -0.4 is 5.32 Å². The van der Waals surface area contributed by atoms with E-state index in [2.05, 4.69) is 68.8 Å². The lowest BCUT2D eigenvalue weighted by Crippen LogP contribution is -2.48. The number of carbonyl (C=O) groups excluding carboxylic acids is 3. The number of nitrogens with one attached hydrogen (secondary N) is 3. The zero-order valence-corrected chi connectivity index (χ0v) is 29.2. The van der Waals surface area contributed by atoms with Crippen LogP contribution in [0.1, 0.15) is 74.4 Å². The molecular formula is C38H45N7O6. The van der Waals surface area contributed by atoms with E-state index in [-0.39, 0.29) is 30.5 Å². The number of rotatable bonds is 7. The fraction of sp³-hybridized carbons (Fsp3) is 0.447.